The van der Waals surface area contributed by atoms with E-state index in [-0.39, 0.29) is 41.4 Å². The zero-order valence-corrected chi connectivity index (χ0v) is 32.3. The maximum atomic E-state index is 14.5. The van der Waals surface area contributed by atoms with Gasteiger partial charge in [0.2, 0.25) is 0 Å². The van der Waals surface area contributed by atoms with E-state index in [0.717, 1.165) is 5.56 Å². The summed E-state index contributed by atoms with van der Waals surface area (Å²) in [6.45, 7) is 14.9. The molecule has 284 valence electrons. The van der Waals surface area contributed by atoms with Crippen LogP contribution in [0.3, 0.4) is 0 Å². The van der Waals surface area contributed by atoms with E-state index in [2.05, 4.69) is 4.72 Å². The van der Waals surface area contributed by atoms with E-state index >= 15 is 0 Å². The van der Waals surface area contributed by atoms with E-state index in [1.165, 1.54) is 48.5 Å². The van der Waals surface area contributed by atoms with Gasteiger partial charge in [0.05, 0.1) is 34.8 Å². The average Bonchev–Trinajstić information content (AvgIpc) is 3.38. The molecule has 1 aromatic heterocycles. The van der Waals surface area contributed by atoms with Gasteiger partial charge in [0.1, 0.15) is 17.2 Å². The van der Waals surface area contributed by atoms with Crippen LogP contribution in [0.15, 0.2) is 77.7 Å². The van der Waals surface area contributed by atoms with Gasteiger partial charge in [-0.3, -0.25) is 9.59 Å². The number of nitrogens with one attached hydrogen (secondary N) is 1. The van der Waals surface area contributed by atoms with Crippen molar-refractivity contribution in [1.29, 1.82) is 0 Å². The third-order valence-electron chi connectivity index (χ3n) is 8.80. The maximum Gasteiger partial charge on any atom is 0.308 e. The zero-order valence-electron chi connectivity index (χ0n) is 31.5. The zero-order chi connectivity index (χ0) is 38.9. The van der Waals surface area contributed by atoms with Crippen molar-refractivity contribution in [2.45, 2.75) is 116 Å². The molecule has 1 amide bonds. The Hall–Kier alpha value is -4.39. The standard InChI is InChI=1S/C41H48F2N2O7S/c1-25(2)37-36(39(47)44-53(48,49)33-19-9-26(3)10-20-33)35(27-11-15-29(42)16-12-27)38(28-13-17-30(43)18-14-28)45(37)22-21-31-23-32(51-41(7,8)50-31)24-34(46)52-40(4,5)6/h9-20,25,31-32H,21-24H2,1-8H3,(H,44,47)/t31-,32-/m1/s1. The number of nitrogens with zero attached hydrogens (tertiary/aromatic N) is 1. The summed E-state index contributed by atoms with van der Waals surface area (Å²) >= 11 is 0. The number of carbonyl (C=O) groups is 2. The van der Waals surface area contributed by atoms with Crippen LogP contribution in [0.5, 0.6) is 0 Å². The highest BCUT2D eigenvalue weighted by atomic mass is 32.2. The molecule has 4 aromatic rings. The monoisotopic (exact) mass is 750 g/mol. The van der Waals surface area contributed by atoms with Crippen molar-refractivity contribution in [1.82, 2.24) is 9.29 Å². The number of esters is 1. The van der Waals surface area contributed by atoms with Crippen molar-refractivity contribution in [3.05, 3.63) is 101 Å². The number of halogens is 2. The molecule has 0 spiro atoms. The van der Waals surface area contributed by atoms with Crippen LogP contribution in [0.25, 0.3) is 22.4 Å². The fraction of sp³-hybridized carbons (Fsp3) is 0.415. The highest BCUT2D eigenvalue weighted by Gasteiger charge is 2.38. The molecule has 1 saturated heterocycles. The molecule has 0 aliphatic carbocycles. The van der Waals surface area contributed by atoms with Gasteiger partial charge in [0.15, 0.2) is 5.79 Å². The number of hydrogen-bond acceptors (Lipinski definition) is 7. The molecular formula is C41H48F2N2O7S. The van der Waals surface area contributed by atoms with Crippen molar-refractivity contribution in [2.75, 3.05) is 0 Å². The molecule has 0 bridgehead atoms. The van der Waals surface area contributed by atoms with Crippen molar-refractivity contribution >= 4 is 21.9 Å². The molecule has 5 rings (SSSR count). The third-order valence-corrected chi connectivity index (χ3v) is 10.1. The van der Waals surface area contributed by atoms with Gasteiger partial charge in [0.25, 0.3) is 15.9 Å². The number of aryl methyl sites for hydroxylation is 1. The van der Waals surface area contributed by atoms with E-state index in [1.54, 1.807) is 58.9 Å². The van der Waals surface area contributed by atoms with Crippen LogP contribution in [-0.2, 0) is 35.6 Å². The Morgan fingerprint density at radius 3 is 2.00 bits per heavy atom. The minimum Gasteiger partial charge on any atom is -0.460 e. The Balaban J connectivity index is 1.63. The number of sulfonamides is 1. The lowest BCUT2D eigenvalue weighted by Crippen LogP contribution is -2.46. The van der Waals surface area contributed by atoms with E-state index in [1.807, 2.05) is 25.3 Å². The fourth-order valence-electron chi connectivity index (χ4n) is 6.82. The second-order valence-electron chi connectivity index (χ2n) is 15.2. The molecule has 2 heterocycles. The summed E-state index contributed by atoms with van der Waals surface area (Å²) < 4.78 is 78.0. The molecule has 1 fully saturated rings. The van der Waals surface area contributed by atoms with E-state index < -0.39 is 45.1 Å². The van der Waals surface area contributed by atoms with Gasteiger partial charge in [-0.05, 0) is 114 Å². The van der Waals surface area contributed by atoms with Crippen LogP contribution in [0, 0.1) is 18.6 Å². The van der Waals surface area contributed by atoms with Crippen molar-refractivity contribution in [3.63, 3.8) is 0 Å². The summed E-state index contributed by atoms with van der Waals surface area (Å²) in [5.74, 6) is -3.54. The molecule has 1 N–H and O–H groups in total. The van der Waals surface area contributed by atoms with Crippen LogP contribution in [0.2, 0.25) is 0 Å². The molecule has 1 aliphatic heterocycles. The largest absolute Gasteiger partial charge is 0.460 e. The summed E-state index contributed by atoms with van der Waals surface area (Å²) in [6.07, 6.45) is -0.0296. The van der Waals surface area contributed by atoms with Crippen molar-refractivity contribution in [3.8, 4) is 22.4 Å². The van der Waals surface area contributed by atoms with Gasteiger partial charge in [-0.1, -0.05) is 43.7 Å². The van der Waals surface area contributed by atoms with Gasteiger partial charge in [-0.25, -0.2) is 21.9 Å². The van der Waals surface area contributed by atoms with Gasteiger partial charge in [-0.15, -0.1) is 0 Å². The third kappa shape index (κ3) is 9.78. The smallest absolute Gasteiger partial charge is 0.308 e. The quantitative estimate of drug-likeness (QED) is 0.153. The predicted octanol–water partition coefficient (Wildman–Crippen LogP) is 8.68. The van der Waals surface area contributed by atoms with Gasteiger partial charge < -0.3 is 18.8 Å². The SMILES string of the molecule is Cc1ccc(S(=O)(=O)NC(=O)c2c(-c3ccc(F)cc3)c(-c3ccc(F)cc3)n(CC[C@@H]3C[C@H](CC(=O)OC(C)(C)C)OC(C)(C)O3)c2C(C)C)cc1. The van der Waals surface area contributed by atoms with Crippen molar-refractivity contribution < 1.29 is 41.0 Å². The summed E-state index contributed by atoms with van der Waals surface area (Å²) in [4.78, 5) is 27.1. The first-order chi connectivity index (χ1) is 24.7. The number of amides is 1. The topological polar surface area (TPSA) is 113 Å². The number of aromatic nitrogens is 1. The number of ether oxygens (including phenoxy) is 3. The summed E-state index contributed by atoms with van der Waals surface area (Å²) in [5.41, 5.74) is 2.73. The normalized spacial score (nSPS) is 17.5. The second-order valence-corrected chi connectivity index (χ2v) is 16.9. The molecular weight excluding hydrogens is 703 g/mol. The first kappa shape index (κ1) is 39.8. The molecule has 12 heteroatoms. The van der Waals surface area contributed by atoms with Crippen LogP contribution in [0.1, 0.15) is 95.3 Å². The van der Waals surface area contributed by atoms with Gasteiger partial charge in [-0.2, -0.15) is 0 Å². The van der Waals surface area contributed by atoms with Gasteiger partial charge >= 0.3 is 5.97 Å². The maximum absolute atomic E-state index is 14.5. The van der Waals surface area contributed by atoms with Crippen LogP contribution in [0.4, 0.5) is 8.78 Å². The Kier molecular flexibility index (Phi) is 11.7. The Labute approximate surface area is 310 Å². The number of carbonyl (C=O) groups excluding carboxylic acids is 2. The molecule has 0 radical (unpaired) electrons. The van der Waals surface area contributed by atoms with Gasteiger partial charge in [0, 0.05) is 24.2 Å². The Morgan fingerprint density at radius 2 is 1.45 bits per heavy atom. The van der Waals surface area contributed by atoms with Crippen LogP contribution in [-0.4, -0.2) is 48.5 Å². The number of rotatable bonds is 11. The first-order valence-corrected chi connectivity index (χ1v) is 19.2. The minimum absolute atomic E-state index is 0.0383. The van der Waals surface area contributed by atoms with E-state index in [9.17, 15) is 26.8 Å². The molecule has 0 saturated carbocycles. The van der Waals surface area contributed by atoms with Crippen molar-refractivity contribution in [2.24, 2.45) is 0 Å². The molecule has 2 atom stereocenters. The average molecular weight is 751 g/mol. The number of benzene rings is 3. The second kappa shape index (κ2) is 15.5. The molecule has 0 unspecified atom stereocenters. The predicted molar refractivity (Wildman–Crippen MR) is 199 cm³/mol. The Morgan fingerprint density at radius 1 is 0.906 bits per heavy atom. The number of hydrogen-bond donors (Lipinski definition) is 1. The first-order valence-electron chi connectivity index (χ1n) is 17.7. The van der Waals surface area contributed by atoms with Crippen LogP contribution >= 0.6 is 0 Å². The lowest BCUT2D eigenvalue weighted by atomic mass is 9.94. The highest BCUT2D eigenvalue weighted by molar-refractivity contribution is 7.90. The van der Waals surface area contributed by atoms with E-state index in [4.69, 9.17) is 14.2 Å². The fourth-order valence-corrected chi connectivity index (χ4v) is 7.78. The summed E-state index contributed by atoms with van der Waals surface area (Å²) in [5, 5.41) is 0. The lowest BCUT2D eigenvalue weighted by Gasteiger charge is -2.41. The minimum atomic E-state index is -4.31. The highest BCUT2D eigenvalue weighted by Crippen LogP contribution is 2.43. The van der Waals surface area contributed by atoms with Crippen LogP contribution < -0.4 is 4.72 Å². The molecule has 53 heavy (non-hydrogen) atoms. The van der Waals surface area contributed by atoms with E-state index in [0.29, 0.717) is 40.9 Å². The summed E-state index contributed by atoms with van der Waals surface area (Å²) in [7, 11) is -4.31. The lowest BCUT2D eigenvalue weighted by molar-refractivity contribution is -0.301. The molecule has 1 aliphatic rings. The Bertz CT molecular complexity index is 2050. The summed E-state index contributed by atoms with van der Waals surface area (Å²) in [6, 6.07) is 17.5. The molecule has 3 aromatic carbocycles. The molecule has 9 nitrogen and oxygen atoms in total.